The number of aromatic amines is 1. The Morgan fingerprint density at radius 1 is 1.33 bits per heavy atom. The third-order valence-corrected chi connectivity index (χ3v) is 3.87. The van der Waals surface area contributed by atoms with Crippen LogP contribution < -0.4 is 5.32 Å². The molecule has 0 unspecified atom stereocenters. The number of rotatable bonds is 4. The Morgan fingerprint density at radius 3 is 2.67 bits per heavy atom. The molecule has 0 saturated heterocycles. The summed E-state index contributed by atoms with van der Waals surface area (Å²) in [6, 6.07) is 6.92. The van der Waals surface area contributed by atoms with Gasteiger partial charge in [0.05, 0.1) is 23.1 Å². The Labute approximate surface area is 156 Å². The third-order valence-electron chi connectivity index (χ3n) is 3.63. The summed E-state index contributed by atoms with van der Waals surface area (Å²) in [5.41, 5.74) is 1.42. The van der Waals surface area contributed by atoms with Crippen molar-refractivity contribution in [2.45, 2.75) is 25.9 Å². The first-order valence-corrected chi connectivity index (χ1v) is 8.19. The molecule has 0 saturated carbocycles. The fourth-order valence-corrected chi connectivity index (χ4v) is 2.70. The molecule has 0 radical (unpaired) electrons. The highest BCUT2D eigenvalue weighted by atomic mass is 35.5. The number of hydrogen-bond acceptors (Lipinski definition) is 4. The van der Waals surface area contributed by atoms with Gasteiger partial charge in [0, 0.05) is 5.02 Å². The maximum Gasteiger partial charge on any atom is 0.451 e. The number of amides is 1. The summed E-state index contributed by atoms with van der Waals surface area (Å²) in [4.78, 5) is 15.8. The lowest BCUT2D eigenvalue weighted by molar-refractivity contribution is -0.144. The van der Waals surface area contributed by atoms with Crippen molar-refractivity contribution >= 4 is 23.5 Å². The molecule has 0 atom stereocenters. The van der Waals surface area contributed by atoms with E-state index in [2.05, 4.69) is 20.5 Å². The molecule has 0 aliphatic carbocycles. The van der Waals surface area contributed by atoms with Crippen LogP contribution >= 0.6 is 11.6 Å². The number of H-pyrrole nitrogens is 1. The lowest BCUT2D eigenvalue weighted by Crippen LogP contribution is -2.16. The number of hydrogen-bond donors (Lipinski definition) is 2. The molecule has 1 amide bonds. The predicted molar refractivity (Wildman–Crippen MR) is 92.0 cm³/mol. The van der Waals surface area contributed by atoms with E-state index in [-0.39, 0.29) is 11.5 Å². The van der Waals surface area contributed by atoms with Gasteiger partial charge in [-0.25, -0.2) is 4.68 Å². The van der Waals surface area contributed by atoms with Gasteiger partial charge in [-0.15, -0.1) is 5.10 Å². The highest BCUT2D eigenvalue weighted by molar-refractivity contribution is 6.30. The van der Waals surface area contributed by atoms with Gasteiger partial charge in [-0.1, -0.05) is 31.5 Å². The number of carbonyl (C=O) groups is 1. The predicted octanol–water partition coefficient (Wildman–Crippen LogP) is 4.04. The lowest BCUT2D eigenvalue weighted by atomic mass is 10.1. The molecule has 0 aliphatic rings. The molecule has 0 fully saturated rings. The first kappa shape index (κ1) is 18.9. The summed E-state index contributed by atoms with van der Waals surface area (Å²) in [5.74, 6) is -2.54. The summed E-state index contributed by atoms with van der Waals surface area (Å²) >= 11 is 6.01. The monoisotopic (exact) mass is 398 g/mol. The van der Waals surface area contributed by atoms with Crippen LogP contribution in [-0.2, 0) is 6.18 Å². The van der Waals surface area contributed by atoms with E-state index in [4.69, 9.17) is 11.6 Å². The Bertz CT molecular complexity index is 979. The molecule has 2 N–H and O–H groups in total. The largest absolute Gasteiger partial charge is 0.451 e. The van der Waals surface area contributed by atoms with Crippen molar-refractivity contribution in [3.05, 3.63) is 52.6 Å². The summed E-state index contributed by atoms with van der Waals surface area (Å²) in [7, 11) is 0. The minimum atomic E-state index is -4.68. The average molecular weight is 399 g/mol. The minimum absolute atomic E-state index is 0.106. The number of alkyl halides is 3. The molecule has 3 aromatic rings. The standard InChI is InChI=1S/C16H14ClF3N6O/c1-8(2)12-11(7-21-26(12)10-5-3-4-9(17)6-10)13(27)22-15-23-14(24-25-15)16(18,19)20/h3-8H,1-2H3,(H2,22,23,24,25,27). The normalized spacial score (nSPS) is 11.8. The molecule has 2 aromatic heterocycles. The van der Waals surface area contributed by atoms with Crippen LogP contribution in [0.15, 0.2) is 30.5 Å². The lowest BCUT2D eigenvalue weighted by Gasteiger charge is -2.12. The zero-order valence-electron chi connectivity index (χ0n) is 14.2. The molecular weight excluding hydrogens is 385 g/mol. The number of carbonyl (C=O) groups excluding carboxylic acids is 1. The fraction of sp³-hybridized carbons (Fsp3) is 0.250. The maximum absolute atomic E-state index is 12.6. The number of halogens is 4. The van der Waals surface area contributed by atoms with Gasteiger partial charge >= 0.3 is 6.18 Å². The van der Waals surface area contributed by atoms with Gasteiger partial charge in [0.15, 0.2) is 0 Å². The smallest absolute Gasteiger partial charge is 0.289 e. The SMILES string of the molecule is CC(C)c1c(C(=O)Nc2n[nH]c(C(F)(F)F)n2)cnn1-c1cccc(Cl)c1. The molecule has 2 heterocycles. The van der Waals surface area contributed by atoms with E-state index >= 15 is 0 Å². The second kappa shape index (κ2) is 7.03. The van der Waals surface area contributed by atoms with Crippen LogP contribution in [0.25, 0.3) is 5.69 Å². The number of benzene rings is 1. The van der Waals surface area contributed by atoms with Gasteiger partial charge in [-0.05, 0) is 24.1 Å². The van der Waals surface area contributed by atoms with Gasteiger partial charge in [0.2, 0.25) is 11.8 Å². The van der Waals surface area contributed by atoms with E-state index in [0.29, 0.717) is 16.4 Å². The van der Waals surface area contributed by atoms with Crippen LogP contribution in [0.4, 0.5) is 19.1 Å². The maximum atomic E-state index is 12.6. The molecule has 3 rings (SSSR count). The Balaban J connectivity index is 1.92. The summed E-state index contributed by atoms with van der Waals surface area (Å²) < 4.78 is 39.3. The fourth-order valence-electron chi connectivity index (χ4n) is 2.52. The van der Waals surface area contributed by atoms with Gasteiger partial charge in [0.25, 0.3) is 5.91 Å². The van der Waals surface area contributed by atoms with Crippen molar-refractivity contribution in [2.24, 2.45) is 0 Å². The average Bonchev–Trinajstić information content (AvgIpc) is 3.21. The van der Waals surface area contributed by atoms with E-state index < -0.39 is 23.9 Å². The van der Waals surface area contributed by atoms with E-state index in [0.717, 1.165) is 0 Å². The Hall–Kier alpha value is -2.88. The van der Waals surface area contributed by atoms with Crippen LogP contribution in [0.5, 0.6) is 0 Å². The molecule has 7 nitrogen and oxygen atoms in total. The second-order valence-corrected chi connectivity index (χ2v) is 6.39. The van der Waals surface area contributed by atoms with Gasteiger partial charge in [-0.2, -0.15) is 23.3 Å². The van der Waals surface area contributed by atoms with Crippen molar-refractivity contribution in [3.63, 3.8) is 0 Å². The molecule has 11 heteroatoms. The highest BCUT2D eigenvalue weighted by Gasteiger charge is 2.35. The Kier molecular flexibility index (Phi) is 4.92. The highest BCUT2D eigenvalue weighted by Crippen LogP contribution is 2.27. The van der Waals surface area contributed by atoms with E-state index in [1.165, 1.54) is 6.20 Å². The van der Waals surface area contributed by atoms with Crippen molar-refractivity contribution < 1.29 is 18.0 Å². The van der Waals surface area contributed by atoms with Crippen molar-refractivity contribution in [1.29, 1.82) is 0 Å². The van der Waals surface area contributed by atoms with E-state index in [1.807, 2.05) is 13.8 Å². The summed E-state index contributed by atoms with van der Waals surface area (Å²) in [6.07, 6.45) is -3.35. The van der Waals surface area contributed by atoms with Crippen LogP contribution in [0.3, 0.4) is 0 Å². The first-order valence-electron chi connectivity index (χ1n) is 7.81. The molecule has 0 bridgehead atoms. The van der Waals surface area contributed by atoms with Crippen molar-refractivity contribution in [2.75, 3.05) is 5.32 Å². The van der Waals surface area contributed by atoms with Crippen LogP contribution in [0.1, 0.15) is 41.6 Å². The molecule has 27 heavy (non-hydrogen) atoms. The quantitative estimate of drug-likeness (QED) is 0.694. The van der Waals surface area contributed by atoms with Gasteiger partial charge in [-0.3, -0.25) is 15.2 Å². The van der Waals surface area contributed by atoms with Crippen LogP contribution in [0, 0.1) is 0 Å². The summed E-state index contributed by atoms with van der Waals surface area (Å²) in [6.45, 7) is 3.73. The third kappa shape index (κ3) is 3.95. The van der Waals surface area contributed by atoms with Crippen LogP contribution in [0.2, 0.25) is 5.02 Å². The number of anilines is 1. The Morgan fingerprint density at radius 2 is 2.07 bits per heavy atom. The van der Waals surface area contributed by atoms with E-state index in [9.17, 15) is 18.0 Å². The first-order chi connectivity index (χ1) is 12.7. The molecule has 142 valence electrons. The zero-order chi connectivity index (χ0) is 19.8. The topological polar surface area (TPSA) is 88.5 Å². The number of nitrogens with one attached hydrogen (secondary N) is 2. The molecule has 0 spiro atoms. The van der Waals surface area contributed by atoms with Crippen molar-refractivity contribution in [3.8, 4) is 5.69 Å². The van der Waals surface area contributed by atoms with Crippen molar-refractivity contribution in [1.82, 2.24) is 25.0 Å². The van der Waals surface area contributed by atoms with E-state index in [1.54, 1.807) is 34.0 Å². The van der Waals surface area contributed by atoms with Gasteiger partial charge < -0.3 is 0 Å². The number of aromatic nitrogens is 5. The number of nitrogens with zero attached hydrogens (tertiary/aromatic N) is 4. The summed E-state index contributed by atoms with van der Waals surface area (Å²) in [5, 5.41) is 12.1. The molecule has 1 aromatic carbocycles. The zero-order valence-corrected chi connectivity index (χ0v) is 14.9. The molecular formula is C16H14ClF3N6O. The van der Waals surface area contributed by atoms with Crippen LogP contribution in [-0.4, -0.2) is 30.9 Å². The second-order valence-electron chi connectivity index (χ2n) is 5.95. The van der Waals surface area contributed by atoms with Gasteiger partial charge in [0.1, 0.15) is 0 Å². The molecule has 0 aliphatic heterocycles. The minimum Gasteiger partial charge on any atom is -0.289 e.